The van der Waals surface area contributed by atoms with Crippen LogP contribution in [0.25, 0.3) is 0 Å². The Labute approximate surface area is 86.8 Å². The first-order valence-electron chi connectivity index (χ1n) is 3.43. The van der Waals surface area contributed by atoms with Gasteiger partial charge in [-0.2, -0.15) is 22.0 Å². The quantitative estimate of drug-likeness (QED) is 0.321. The van der Waals surface area contributed by atoms with Crippen molar-refractivity contribution in [3.63, 3.8) is 0 Å². The number of hydrogen-bond donors (Lipinski definition) is 0. The SMILES string of the molecule is FC(F)(F)C(F)(F)SCCCN=C=S. The third-order valence-corrected chi connectivity index (χ3v) is 2.31. The van der Waals surface area contributed by atoms with Gasteiger partial charge >= 0.3 is 11.4 Å². The van der Waals surface area contributed by atoms with Crippen molar-refractivity contribution in [1.29, 1.82) is 0 Å². The van der Waals surface area contributed by atoms with Gasteiger partial charge in [0.25, 0.3) is 0 Å². The van der Waals surface area contributed by atoms with E-state index in [1.165, 1.54) is 0 Å². The summed E-state index contributed by atoms with van der Waals surface area (Å²) < 4.78 is 59.2. The lowest BCUT2D eigenvalue weighted by Gasteiger charge is -2.18. The number of thiocarbonyl (C=S) groups is 1. The first-order chi connectivity index (χ1) is 6.31. The van der Waals surface area contributed by atoms with Crippen LogP contribution in [0.2, 0.25) is 0 Å². The minimum atomic E-state index is -5.49. The molecule has 0 aromatic carbocycles. The van der Waals surface area contributed by atoms with Gasteiger partial charge in [-0.05, 0) is 18.6 Å². The van der Waals surface area contributed by atoms with Crippen LogP contribution >= 0.6 is 24.0 Å². The molecular formula is C6H6F5NS2. The fourth-order valence-electron chi connectivity index (χ4n) is 0.471. The number of aliphatic imine (C=N–C) groups is 1. The first kappa shape index (κ1) is 13.8. The van der Waals surface area contributed by atoms with Crippen molar-refractivity contribution >= 4 is 29.1 Å². The van der Waals surface area contributed by atoms with E-state index in [4.69, 9.17) is 0 Å². The van der Waals surface area contributed by atoms with Gasteiger partial charge < -0.3 is 0 Å². The van der Waals surface area contributed by atoms with Crippen molar-refractivity contribution in [3.05, 3.63) is 0 Å². The number of isothiocyanates is 1. The lowest BCUT2D eigenvalue weighted by Crippen LogP contribution is -2.33. The molecule has 0 aromatic heterocycles. The van der Waals surface area contributed by atoms with Crippen molar-refractivity contribution in [1.82, 2.24) is 0 Å². The second-order valence-corrected chi connectivity index (χ2v) is 3.58. The molecule has 0 saturated heterocycles. The molecule has 0 aliphatic carbocycles. The minimum Gasteiger partial charge on any atom is -0.233 e. The Balaban J connectivity index is 3.83. The van der Waals surface area contributed by atoms with E-state index in [1.807, 2.05) is 5.16 Å². The van der Waals surface area contributed by atoms with Gasteiger partial charge in [-0.25, -0.2) is 4.99 Å². The zero-order valence-corrected chi connectivity index (χ0v) is 8.41. The highest BCUT2D eigenvalue weighted by Gasteiger charge is 2.57. The molecule has 0 amide bonds. The van der Waals surface area contributed by atoms with Crippen molar-refractivity contribution < 1.29 is 22.0 Å². The average Bonchev–Trinajstić information content (AvgIpc) is 2.02. The van der Waals surface area contributed by atoms with E-state index in [1.54, 1.807) is 0 Å². The molecular weight excluding hydrogens is 245 g/mol. The normalized spacial score (nSPS) is 12.4. The Morgan fingerprint density at radius 3 is 2.21 bits per heavy atom. The van der Waals surface area contributed by atoms with E-state index in [9.17, 15) is 22.0 Å². The summed E-state index contributed by atoms with van der Waals surface area (Å²) in [5.41, 5.74) is 0. The molecule has 82 valence electrons. The zero-order chi connectivity index (χ0) is 11.2. The van der Waals surface area contributed by atoms with Crippen LogP contribution in [0.5, 0.6) is 0 Å². The number of alkyl halides is 5. The van der Waals surface area contributed by atoms with E-state index in [2.05, 4.69) is 17.2 Å². The van der Waals surface area contributed by atoms with Crippen LogP contribution in [-0.2, 0) is 0 Å². The Kier molecular flexibility index (Phi) is 5.54. The summed E-state index contributed by atoms with van der Waals surface area (Å²) in [6.45, 7) is 0.116. The predicted molar refractivity (Wildman–Crippen MR) is 48.0 cm³/mol. The molecule has 0 fully saturated rings. The molecule has 0 radical (unpaired) electrons. The number of nitrogens with zero attached hydrogens (tertiary/aromatic N) is 1. The maximum absolute atomic E-state index is 12.2. The molecule has 0 heterocycles. The second kappa shape index (κ2) is 5.63. The smallest absolute Gasteiger partial charge is 0.233 e. The molecule has 0 rings (SSSR count). The van der Waals surface area contributed by atoms with Crippen LogP contribution < -0.4 is 0 Å². The van der Waals surface area contributed by atoms with Crippen molar-refractivity contribution in [2.24, 2.45) is 4.99 Å². The molecule has 1 nitrogen and oxygen atoms in total. The summed E-state index contributed by atoms with van der Waals surface area (Å²) in [6, 6.07) is 0. The van der Waals surface area contributed by atoms with E-state index in [0.717, 1.165) is 0 Å². The summed E-state index contributed by atoms with van der Waals surface area (Å²) in [6.07, 6.45) is -5.38. The van der Waals surface area contributed by atoms with E-state index < -0.39 is 23.2 Å². The Morgan fingerprint density at radius 1 is 1.21 bits per heavy atom. The van der Waals surface area contributed by atoms with Gasteiger partial charge in [0.05, 0.1) is 11.7 Å². The molecule has 8 heteroatoms. The third kappa shape index (κ3) is 4.88. The average molecular weight is 251 g/mol. The second-order valence-electron chi connectivity index (χ2n) is 2.19. The van der Waals surface area contributed by atoms with Gasteiger partial charge in [-0.3, -0.25) is 0 Å². The standard InChI is InChI=1S/C6H6F5NS2/c7-5(8,9)6(10,11)14-3-1-2-12-4-13/h1-3H2. The summed E-state index contributed by atoms with van der Waals surface area (Å²) >= 11 is 3.74. The molecule has 0 bridgehead atoms. The fourth-order valence-corrected chi connectivity index (χ4v) is 1.26. The van der Waals surface area contributed by atoms with Gasteiger partial charge in [0.1, 0.15) is 0 Å². The maximum atomic E-state index is 12.2. The number of rotatable bonds is 5. The summed E-state index contributed by atoms with van der Waals surface area (Å²) in [5.74, 6) is -0.326. The molecule has 0 spiro atoms. The Morgan fingerprint density at radius 2 is 1.79 bits per heavy atom. The number of thioether (sulfide) groups is 1. The van der Waals surface area contributed by atoms with E-state index in [0.29, 0.717) is 0 Å². The number of hydrogen-bond acceptors (Lipinski definition) is 3. The molecule has 0 unspecified atom stereocenters. The molecule has 14 heavy (non-hydrogen) atoms. The first-order valence-corrected chi connectivity index (χ1v) is 4.83. The van der Waals surface area contributed by atoms with Crippen LogP contribution in [0.4, 0.5) is 22.0 Å². The van der Waals surface area contributed by atoms with Crippen molar-refractivity contribution in [3.8, 4) is 0 Å². The summed E-state index contributed by atoms with van der Waals surface area (Å²) in [4.78, 5) is 3.38. The molecule has 0 N–H and O–H groups in total. The minimum absolute atomic E-state index is 0.111. The molecule has 0 saturated carbocycles. The lowest BCUT2D eigenvalue weighted by atomic mass is 10.5. The molecule has 0 aliphatic rings. The van der Waals surface area contributed by atoms with Gasteiger partial charge in [-0.15, -0.1) is 0 Å². The van der Waals surface area contributed by atoms with Crippen LogP contribution in [0, 0.1) is 0 Å². The maximum Gasteiger partial charge on any atom is 0.464 e. The third-order valence-electron chi connectivity index (χ3n) is 1.09. The van der Waals surface area contributed by atoms with E-state index >= 15 is 0 Å². The van der Waals surface area contributed by atoms with Crippen molar-refractivity contribution in [2.75, 3.05) is 12.3 Å². The summed E-state index contributed by atoms with van der Waals surface area (Å²) in [5, 5.41) is -2.70. The van der Waals surface area contributed by atoms with Gasteiger partial charge in [0.2, 0.25) is 0 Å². The Bertz CT molecular complexity index is 221. The topological polar surface area (TPSA) is 12.4 Å². The van der Waals surface area contributed by atoms with Gasteiger partial charge in [-0.1, -0.05) is 11.8 Å². The van der Waals surface area contributed by atoms with E-state index in [-0.39, 0.29) is 18.7 Å². The predicted octanol–water partition coefficient (Wildman–Crippen LogP) is 3.37. The van der Waals surface area contributed by atoms with Crippen LogP contribution in [0.3, 0.4) is 0 Å². The monoisotopic (exact) mass is 251 g/mol. The van der Waals surface area contributed by atoms with Gasteiger partial charge in [0, 0.05) is 5.75 Å². The Hall–Kier alpha value is -0.200. The van der Waals surface area contributed by atoms with Crippen LogP contribution in [0.1, 0.15) is 6.42 Å². The lowest BCUT2D eigenvalue weighted by molar-refractivity contribution is -0.237. The largest absolute Gasteiger partial charge is 0.464 e. The number of halogens is 5. The van der Waals surface area contributed by atoms with Crippen LogP contribution in [0.15, 0.2) is 4.99 Å². The molecule has 0 aromatic rings. The van der Waals surface area contributed by atoms with Gasteiger partial charge in [0.15, 0.2) is 0 Å². The highest BCUT2D eigenvalue weighted by Crippen LogP contribution is 2.44. The highest BCUT2D eigenvalue weighted by molar-refractivity contribution is 8.00. The highest BCUT2D eigenvalue weighted by atomic mass is 32.2. The zero-order valence-electron chi connectivity index (χ0n) is 6.77. The van der Waals surface area contributed by atoms with Crippen molar-refractivity contribution in [2.45, 2.75) is 17.9 Å². The van der Waals surface area contributed by atoms with Crippen LogP contribution in [-0.4, -0.2) is 28.9 Å². The fraction of sp³-hybridized carbons (Fsp3) is 0.833. The summed E-state index contributed by atoms with van der Waals surface area (Å²) in [7, 11) is 0. The molecule has 0 aliphatic heterocycles. The molecule has 0 atom stereocenters.